The second-order valence-electron chi connectivity index (χ2n) is 4.38. The number of aliphatic hydroxyl groups excluding tert-OH is 1. The molecule has 94 valence electrons. The third kappa shape index (κ3) is 3.45. The molecule has 0 aliphatic carbocycles. The second-order valence-corrected chi connectivity index (χ2v) is 6.69. The average Bonchev–Trinajstić information content (AvgIpc) is 2.24. The predicted octanol–water partition coefficient (Wildman–Crippen LogP) is -0.302. The molecular weight excluding hydrogens is 230 g/mol. The first-order valence-corrected chi connectivity index (χ1v) is 7.29. The number of sulfone groups is 1. The van der Waals surface area contributed by atoms with E-state index < -0.39 is 21.0 Å². The van der Waals surface area contributed by atoms with E-state index >= 15 is 0 Å². The molecule has 2 atom stereocenters. The normalized spacial score (nSPS) is 26.0. The van der Waals surface area contributed by atoms with Crippen molar-refractivity contribution < 1.29 is 18.3 Å². The smallest absolute Gasteiger partial charge is 0.238 e. The zero-order valence-electron chi connectivity index (χ0n) is 9.48. The highest BCUT2D eigenvalue weighted by Crippen LogP contribution is 2.19. The summed E-state index contributed by atoms with van der Waals surface area (Å²) < 4.78 is 23.3. The quantitative estimate of drug-likeness (QED) is 0.716. The molecular formula is C10H19NO4S. The van der Waals surface area contributed by atoms with Crippen LogP contribution in [0.25, 0.3) is 0 Å². The molecule has 0 spiro atoms. The van der Waals surface area contributed by atoms with Crippen molar-refractivity contribution in [2.24, 2.45) is 5.92 Å². The first-order chi connectivity index (χ1) is 7.47. The van der Waals surface area contributed by atoms with Crippen LogP contribution in [0.3, 0.4) is 0 Å². The molecule has 0 aromatic heterocycles. The van der Waals surface area contributed by atoms with E-state index in [2.05, 4.69) is 5.32 Å². The minimum atomic E-state index is -3.25. The van der Waals surface area contributed by atoms with Crippen LogP contribution in [0.15, 0.2) is 0 Å². The van der Waals surface area contributed by atoms with Crippen LogP contribution in [-0.4, -0.2) is 43.6 Å². The lowest BCUT2D eigenvalue weighted by atomic mass is 10.1. The van der Waals surface area contributed by atoms with Crippen LogP contribution in [0.2, 0.25) is 0 Å². The summed E-state index contributed by atoms with van der Waals surface area (Å²) in [7, 11) is -3.25. The van der Waals surface area contributed by atoms with Gasteiger partial charge in [-0.3, -0.25) is 4.79 Å². The van der Waals surface area contributed by atoms with Crippen molar-refractivity contribution in [1.82, 2.24) is 5.32 Å². The lowest BCUT2D eigenvalue weighted by molar-refractivity contribution is -0.121. The highest BCUT2D eigenvalue weighted by atomic mass is 32.2. The number of rotatable bonds is 4. The molecule has 1 rings (SSSR count). The van der Waals surface area contributed by atoms with Crippen molar-refractivity contribution >= 4 is 15.7 Å². The number of carbonyl (C=O) groups excluding carboxylic acids is 1. The molecule has 1 saturated heterocycles. The summed E-state index contributed by atoms with van der Waals surface area (Å²) in [5.74, 6) is -0.351. The van der Waals surface area contributed by atoms with Crippen LogP contribution < -0.4 is 5.32 Å². The van der Waals surface area contributed by atoms with E-state index in [-0.39, 0.29) is 18.3 Å². The summed E-state index contributed by atoms with van der Waals surface area (Å²) in [4.78, 5) is 11.7. The Labute approximate surface area is 96.1 Å². The van der Waals surface area contributed by atoms with Gasteiger partial charge in [0, 0.05) is 13.2 Å². The first kappa shape index (κ1) is 13.4. The third-order valence-electron chi connectivity index (χ3n) is 2.81. The minimum absolute atomic E-state index is 0.0162. The van der Waals surface area contributed by atoms with Crippen molar-refractivity contribution in [2.75, 3.05) is 18.9 Å². The lowest BCUT2D eigenvalue weighted by Crippen LogP contribution is -2.44. The summed E-state index contributed by atoms with van der Waals surface area (Å²) >= 11 is 0. The maximum Gasteiger partial charge on any atom is 0.238 e. The van der Waals surface area contributed by atoms with E-state index in [1.54, 1.807) is 6.92 Å². The first-order valence-electron chi connectivity index (χ1n) is 5.57. The molecule has 0 aromatic rings. The van der Waals surface area contributed by atoms with Crippen molar-refractivity contribution in [3.05, 3.63) is 0 Å². The molecule has 1 fully saturated rings. The van der Waals surface area contributed by atoms with E-state index in [0.717, 1.165) is 6.42 Å². The van der Waals surface area contributed by atoms with Gasteiger partial charge in [0.25, 0.3) is 0 Å². The molecule has 0 bridgehead atoms. The molecule has 16 heavy (non-hydrogen) atoms. The molecule has 1 heterocycles. The van der Waals surface area contributed by atoms with Gasteiger partial charge < -0.3 is 10.4 Å². The molecule has 1 aliphatic rings. The minimum Gasteiger partial charge on any atom is -0.396 e. The van der Waals surface area contributed by atoms with Crippen LogP contribution in [-0.2, 0) is 14.6 Å². The fourth-order valence-electron chi connectivity index (χ4n) is 1.70. The Morgan fingerprint density at radius 2 is 2.19 bits per heavy atom. The third-order valence-corrected chi connectivity index (χ3v) is 4.98. The lowest BCUT2D eigenvalue weighted by Gasteiger charge is -2.22. The Bertz CT molecular complexity index is 339. The van der Waals surface area contributed by atoms with Crippen LogP contribution in [0.5, 0.6) is 0 Å². The number of nitrogens with one attached hydrogen (secondary N) is 1. The van der Waals surface area contributed by atoms with Crippen LogP contribution in [0, 0.1) is 5.92 Å². The van der Waals surface area contributed by atoms with Gasteiger partial charge in [0.1, 0.15) is 5.25 Å². The topological polar surface area (TPSA) is 83.5 Å². The number of hydrogen-bond donors (Lipinski definition) is 2. The van der Waals surface area contributed by atoms with E-state index in [0.29, 0.717) is 19.4 Å². The highest BCUT2D eigenvalue weighted by molar-refractivity contribution is 7.92. The molecule has 1 amide bonds. The van der Waals surface area contributed by atoms with E-state index in [1.807, 2.05) is 0 Å². The molecule has 0 radical (unpaired) electrons. The molecule has 1 aliphatic heterocycles. The zero-order valence-corrected chi connectivity index (χ0v) is 10.3. The van der Waals surface area contributed by atoms with Crippen molar-refractivity contribution in [3.8, 4) is 0 Å². The van der Waals surface area contributed by atoms with Crippen molar-refractivity contribution in [1.29, 1.82) is 0 Å². The summed E-state index contributed by atoms with van der Waals surface area (Å²) in [5, 5.41) is 10.5. The van der Waals surface area contributed by atoms with Gasteiger partial charge in [0.05, 0.1) is 5.75 Å². The fraction of sp³-hybridized carbons (Fsp3) is 0.900. The number of aliphatic hydroxyl groups is 1. The van der Waals surface area contributed by atoms with Crippen molar-refractivity contribution in [3.63, 3.8) is 0 Å². The standard InChI is InChI=1S/C10H19NO4S/c1-8(7-12)6-11-10(13)9-4-2-3-5-16(9,14)15/h8-9,12H,2-7H2,1H3,(H,11,13). The Hall–Kier alpha value is -0.620. The monoisotopic (exact) mass is 249 g/mol. The molecule has 5 nitrogen and oxygen atoms in total. The SMILES string of the molecule is CC(CO)CNC(=O)C1CCCCS1(=O)=O. The summed E-state index contributed by atoms with van der Waals surface area (Å²) in [6, 6.07) is 0. The maximum atomic E-state index is 11.7. The van der Waals surface area contributed by atoms with Gasteiger partial charge >= 0.3 is 0 Å². The predicted molar refractivity (Wildman–Crippen MR) is 60.7 cm³/mol. The fourth-order valence-corrected chi connectivity index (χ4v) is 3.53. The van der Waals surface area contributed by atoms with Gasteiger partial charge in [-0.15, -0.1) is 0 Å². The second kappa shape index (κ2) is 5.63. The van der Waals surface area contributed by atoms with E-state index in [1.165, 1.54) is 0 Å². The Balaban J connectivity index is 2.53. The Morgan fingerprint density at radius 1 is 1.50 bits per heavy atom. The number of hydrogen-bond acceptors (Lipinski definition) is 4. The van der Waals surface area contributed by atoms with Gasteiger partial charge in [-0.2, -0.15) is 0 Å². The Morgan fingerprint density at radius 3 is 2.75 bits per heavy atom. The maximum absolute atomic E-state index is 11.7. The summed E-state index contributed by atoms with van der Waals surface area (Å²) in [5.41, 5.74) is 0. The highest BCUT2D eigenvalue weighted by Gasteiger charge is 2.34. The van der Waals surface area contributed by atoms with E-state index in [9.17, 15) is 13.2 Å². The number of amides is 1. The van der Waals surface area contributed by atoms with E-state index in [4.69, 9.17) is 5.11 Å². The van der Waals surface area contributed by atoms with Crippen molar-refractivity contribution in [2.45, 2.75) is 31.4 Å². The largest absolute Gasteiger partial charge is 0.396 e. The molecule has 6 heteroatoms. The average molecular weight is 249 g/mol. The Kier molecular flexibility index (Phi) is 4.73. The van der Waals surface area contributed by atoms with Gasteiger partial charge in [-0.1, -0.05) is 13.3 Å². The van der Waals surface area contributed by atoms with Crippen LogP contribution in [0.4, 0.5) is 0 Å². The van der Waals surface area contributed by atoms with Gasteiger partial charge in [0.2, 0.25) is 5.91 Å². The van der Waals surface area contributed by atoms with Crippen LogP contribution in [0.1, 0.15) is 26.2 Å². The van der Waals surface area contributed by atoms with Gasteiger partial charge in [-0.05, 0) is 18.8 Å². The zero-order chi connectivity index (χ0) is 12.2. The number of carbonyl (C=O) groups is 1. The summed E-state index contributed by atoms with van der Waals surface area (Å²) in [6.07, 6.45) is 1.85. The summed E-state index contributed by atoms with van der Waals surface area (Å²) in [6.45, 7) is 2.09. The van der Waals surface area contributed by atoms with Crippen LogP contribution >= 0.6 is 0 Å². The molecule has 0 saturated carbocycles. The van der Waals surface area contributed by atoms with Gasteiger partial charge in [-0.25, -0.2) is 8.42 Å². The van der Waals surface area contributed by atoms with Gasteiger partial charge in [0.15, 0.2) is 9.84 Å². The molecule has 2 N–H and O–H groups in total. The molecule has 0 aromatic carbocycles. The molecule has 2 unspecified atom stereocenters.